The molecule has 0 aliphatic carbocycles. The number of anilines is 1. The van der Waals surface area contributed by atoms with Crippen LogP contribution in [0.1, 0.15) is 25.1 Å². The predicted molar refractivity (Wildman–Crippen MR) is 111 cm³/mol. The number of nitrogens with zero attached hydrogens (tertiary/aromatic N) is 3. The summed E-state index contributed by atoms with van der Waals surface area (Å²) in [6.45, 7) is 8.86. The summed E-state index contributed by atoms with van der Waals surface area (Å²) in [6, 6.07) is 9.75. The molecule has 0 radical (unpaired) electrons. The van der Waals surface area contributed by atoms with Crippen LogP contribution in [0.2, 0.25) is 0 Å². The van der Waals surface area contributed by atoms with Gasteiger partial charge in [-0.1, -0.05) is 23.9 Å². The molecule has 2 aromatic heterocycles. The Balaban J connectivity index is 1.85. The number of amides is 1. The molecule has 2 heterocycles. The van der Waals surface area contributed by atoms with Gasteiger partial charge in [-0.05, 0) is 51.5 Å². The highest BCUT2D eigenvalue weighted by Gasteiger charge is 2.17. The van der Waals surface area contributed by atoms with E-state index in [0.29, 0.717) is 29.3 Å². The van der Waals surface area contributed by atoms with Crippen molar-refractivity contribution in [1.82, 2.24) is 14.5 Å². The van der Waals surface area contributed by atoms with Crippen LogP contribution in [0.15, 0.2) is 40.3 Å². The zero-order chi connectivity index (χ0) is 19.6. The molecule has 0 atom stereocenters. The maximum absolute atomic E-state index is 12.8. The first-order chi connectivity index (χ1) is 12.9. The lowest BCUT2D eigenvalue weighted by atomic mass is 10.2. The lowest BCUT2D eigenvalue weighted by molar-refractivity contribution is -0.116. The number of hydrogen-bond donors (Lipinski definition) is 1. The number of aryl methyl sites for hydroxylation is 2. The zero-order valence-electron chi connectivity index (χ0n) is 16.1. The van der Waals surface area contributed by atoms with E-state index in [-0.39, 0.29) is 17.2 Å². The number of thioether (sulfide) groups is 1. The molecule has 3 rings (SSSR count). The lowest BCUT2D eigenvalue weighted by Crippen LogP contribution is -2.32. The quantitative estimate of drug-likeness (QED) is 0.521. The van der Waals surface area contributed by atoms with Crippen LogP contribution < -0.4 is 10.5 Å². The number of carbonyl (C=O) groups excluding carboxylic acids is 1. The van der Waals surface area contributed by atoms with Crippen LogP contribution in [0.3, 0.4) is 0 Å². The van der Waals surface area contributed by atoms with Gasteiger partial charge in [0.2, 0.25) is 5.91 Å². The van der Waals surface area contributed by atoms with E-state index in [9.17, 15) is 9.59 Å². The Hall–Kier alpha value is -2.54. The summed E-state index contributed by atoms with van der Waals surface area (Å²) in [4.78, 5) is 34.9. The first-order valence-corrected chi connectivity index (χ1v) is 10.0. The summed E-state index contributed by atoms with van der Waals surface area (Å²) < 4.78 is 1.61. The molecule has 3 aromatic rings. The summed E-state index contributed by atoms with van der Waals surface area (Å²) in [5.41, 5.74) is 3.95. The summed E-state index contributed by atoms with van der Waals surface area (Å²) in [6.07, 6.45) is 0. The van der Waals surface area contributed by atoms with E-state index in [1.54, 1.807) is 9.47 Å². The number of H-pyrrole nitrogens is 1. The zero-order valence-corrected chi connectivity index (χ0v) is 16.9. The largest absolute Gasteiger partial charge is 0.353 e. The fraction of sp³-hybridized carbons (Fsp3) is 0.350. The van der Waals surface area contributed by atoms with Gasteiger partial charge in [0.1, 0.15) is 5.52 Å². The van der Waals surface area contributed by atoms with E-state index in [0.717, 1.165) is 16.9 Å². The number of hydrogen-bond acceptors (Lipinski definition) is 4. The number of aromatic nitrogens is 3. The Labute approximate surface area is 162 Å². The molecule has 1 N–H and O–H groups in total. The van der Waals surface area contributed by atoms with Crippen molar-refractivity contribution >= 4 is 34.4 Å². The molecule has 0 bridgehead atoms. The van der Waals surface area contributed by atoms with Crippen LogP contribution in [0, 0.1) is 13.8 Å². The van der Waals surface area contributed by atoms with E-state index in [1.165, 1.54) is 11.8 Å². The summed E-state index contributed by atoms with van der Waals surface area (Å²) >= 11 is 1.31. The van der Waals surface area contributed by atoms with Crippen LogP contribution in [0.4, 0.5) is 5.69 Å². The second-order valence-electron chi connectivity index (χ2n) is 6.42. The van der Waals surface area contributed by atoms with E-state index in [4.69, 9.17) is 0 Å². The molecule has 0 saturated carbocycles. The smallest absolute Gasteiger partial charge is 0.278 e. The molecule has 0 unspecified atom stereocenters. The first kappa shape index (κ1) is 19.2. The van der Waals surface area contributed by atoms with E-state index in [2.05, 4.69) is 9.97 Å². The molecule has 1 amide bonds. The summed E-state index contributed by atoms with van der Waals surface area (Å²) in [7, 11) is 0. The Morgan fingerprint density at radius 1 is 1.26 bits per heavy atom. The SMILES string of the molecule is CCN(C(=O)CSc1nc2cc(C)[nH]c2c(=O)n1CC)c1cccc(C)c1. The van der Waals surface area contributed by atoms with Gasteiger partial charge in [-0.25, -0.2) is 4.98 Å². The molecule has 27 heavy (non-hydrogen) atoms. The van der Waals surface area contributed by atoms with Crippen molar-refractivity contribution in [2.75, 3.05) is 17.2 Å². The second-order valence-corrected chi connectivity index (χ2v) is 7.36. The fourth-order valence-corrected chi connectivity index (χ4v) is 4.04. The number of aromatic amines is 1. The van der Waals surface area contributed by atoms with Gasteiger partial charge in [0.05, 0.1) is 11.3 Å². The Kier molecular flexibility index (Phi) is 5.70. The van der Waals surface area contributed by atoms with Crippen molar-refractivity contribution in [3.63, 3.8) is 0 Å². The highest BCUT2D eigenvalue weighted by Crippen LogP contribution is 2.21. The van der Waals surface area contributed by atoms with Gasteiger partial charge in [0, 0.05) is 24.5 Å². The Morgan fingerprint density at radius 3 is 2.70 bits per heavy atom. The van der Waals surface area contributed by atoms with Crippen molar-refractivity contribution < 1.29 is 4.79 Å². The van der Waals surface area contributed by atoms with E-state index < -0.39 is 0 Å². The molecule has 1 aromatic carbocycles. The van der Waals surface area contributed by atoms with Crippen LogP contribution >= 0.6 is 11.8 Å². The number of carbonyl (C=O) groups is 1. The predicted octanol–water partition coefficient (Wildman–Crippen LogP) is 3.51. The van der Waals surface area contributed by atoms with Gasteiger partial charge in [-0.3, -0.25) is 14.2 Å². The number of benzene rings is 1. The Morgan fingerprint density at radius 2 is 2.04 bits per heavy atom. The minimum atomic E-state index is -0.100. The van der Waals surface area contributed by atoms with Gasteiger partial charge in [0.15, 0.2) is 5.16 Å². The van der Waals surface area contributed by atoms with Gasteiger partial charge in [-0.2, -0.15) is 0 Å². The van der Waals surface area contributed by atoms with Gasteiger partial charge in [0.25, 0.3) is 5.56 Å². The fourth-order valence-electron chi connectivity index (χ4n) is 3.10. The third-order valence-electron chi connectivity index (χ3n) is 4.41. The van der Waals surface area contributed by atoms with Crippen LogP contribution in [-0.2, 0) is 11.3 Å². The Bertz CT molecular complexity index is 1040. The normalized spacial score (nSPS) is 11.1. The molecule has 0 fully saturated rings. The average molecular weight is 385 g/mol. The standard InChI is InChI=1S/C20H24N4O2S/c1-5-23(15-9-7-8-13(3)10-15)17(25)12-27-20-22-16-11-14(4)21-18(16)19(26)24(20)6-2/h7-11,21H,5-6,12H2,1-4H3. The molecule has 0 spiro atoms. The minimum absolute atomic E-state index is 0.00431. The highest BCUT2D eigenvalue weighted by molar-refractivity contribution is 7.99. The molecule has 0 saturated heterocycles. The van der Waals surface area contributed by atoms with Gasteiger partial charge >= 0.3 is 0 Å². The highest BCUT2D eigenvalue weighted by atomic mass is 32.2. The maximum atomic E-state index is 12.8. The van der Waals surface area contributed by atoms with Crippen LogP contribution in [-0.4, -0.2) is 32.7 Å². The summed E-state index contributed by atoms with van der Waals surface area (Å²) in [5, 5.41) is 0.572. The maximum Gasteiger partial charge on any atom is 0.278 e. The first-order valence-electron chi connectivity index (χ1n) is 9.04. The third-order valence-corrected chi connectivity index (χ3v) is 5.37. The van der Waals surface area contributed by atoms with E-state index in [1.807, 2.05) is 58.0 Å². The van der Waals surface area contributed by atoms with Gasteiger partial charge < -0.3 is 9.88 Å². The molecule has 0 aliphatic heterocycles. The molecule has 7 heteroatoms. The summed E-state index contributed by atoms with van der Waals surface area (Å²) in [5.74, 6) is 0.221. The number of rotatable bonds is 6. The number of fused-ring (bicyclic) bond motifs is 1. The molecule has 142 valence electrons. The lowest BCUT2D eigenvalue weighted by Gasteiger charge is -2.21. The van der Waals surface area contributed by atoms with Crippen molar-refractivity contribution in [2.24, 2.45) is 0 Å². The van der Waals surface area contributed by atoms with Gasteiger partial charge in [-0.15, -0.1) is 0 Å². The third kappa shape index (κ3) is 3.93. The topological polar surface area (TPSA) is 71.0 Å². The second kappa shape index (κ2) is 8.00. The minimum Gasteiger partial charge on any atom is -0.353 e. The number of nitrogens with one attached hydrogen (secondary N) is 1. The van der Waals surface area contributed by atoms with Crippen molar-refractivity contribution in [3.05, 3.63) is 51.9 Å². The van der Waals surface area contributed by atoms with Crippen LogP contribution in [0.25, 0.3) is 11.0 Å². The van der Waals surface area contributed by atoms with Crippen molar-refractivity contribution in [3.8, 4) is 0 Å². The average Bonchev–Trinajstić information content (AvgIpc) is 3.01. The monoisotopic (exact) mass is 384 g/mol. The van der Waals surface area contributed by atoms with Crippen molar-refractivity contribution in [2.45, 2.75) is 39.4 Å². The molecule has 0 aliphatic rings. The molecular formula is C20H24N4O2S. The molecule has 6 nitrogen and oxygen atoms in total. The molecular weight excluding hydrogens is 360 g/mol. The van der Waals surface area contributed by atoms with Crippen LogP contribution in [0.5, 0.6) is 0 Å². The van der Waals surface area contributed by atoms with Crippen molar-refractivity contribution in [1.29, 1.82) is 0 Å². The van der Waals surface area contributed by atoms with E-state index >= 15 is 0 Å².